The van der Waals surface area contributed by atoms with Crippen molar-refractivity contribution in [1.82, 2.24) is 20.1 Å². The van der Waals surface area contributed by atoms with Gasteiger partial charge in [-0.3, -0.25) is 9.69 Å². The molecule has 2 rings (SSSR count). The van der Waals surface area contributed by atoms with Crippen LogP contribution in [0.3, 0.4) is 0 Å². The Balaban J connectivity index is 1.87. The number of nitrogens with one attached hydrogen (secondary N) is 1. The summed E-state index contributed by atoms with van der Waals surface area (Å²) in [5.74, 6) is -0.151. The largest absolute Gasteiger partial charge is 0.397 e. The lowest BCUT2D eigenvalue weighted by Gasteiger charge is -2.37. The summed E-state index contributed by atoms with van der Waals surface area (Å²) in [5, 5.41) is 2.93. The monoisotopic (exact) mass is 263 g/mol. The van der Waals surface area contributed by atoms with Crippen LogP contribution in [0.4, 0.5) is 5.69 Å². The SMILES string of the molecule is CN1CCN(C)C(CNC(=O)c2ccc(N)cn2)C1. The number of anilines is 1. The van der Waals surface area contributed by atoms with Gasteiger partial charge in [-0.05, 0) is 26.2 Å². The molecule has 1 saturated heterocycles. The topological polar surface area (TPSA) is 74.5 Å². The highest BCUT2D eigenvalue weighted by Gasteiger charge is 2.22. The Morgan fingerprint density at radius 2 is 2.26 bits per heavy atom. The number of amides is 1. The molecule has 0 bridgehead atoms. The molecular weight excluding hydrogens is 242 g/mol. The van der Waals surface area contributed by atoms with Gasteiger partial charge in [0.05, 0.1) is 11.9 Å². The summed E-state index contributed by atoms with van der Waals surface area (Å²) in [4.78, 5) is 20.5. The molecule has 1 amide bonds. The van der Waals surface area contributed by atoms with Gasteiger partial charge in [0.25, 0.3) is 5.91 Å². The number of carbonyl (C=O) groups excluding carboxylic acids is 1. The summed E-state index contributed by atoms with van der Waals surface area (Å²) < 4.78 is 0. The maximum absolute atomic E-state index is 11.9. The predicted octanol–water partition coefficient (Wildman–Crippen LogP) is -0.361. The summed E-state index contributed by atoms with van der Waals surface area (Å²) >= 11 is 0. The molecule has 6 heteroatoms. The van der Waals surface area contributed by atoms with Crippen LogP contribution in [0.5, 0.6) is 0 Å². The first-order valence-corrected chi connectivity index (χ1v) is 6.45. The molecule has 0 saturated carbocycles. The van der Waals surface area contributed by atoms with Crippen molar-refractivity contribution >= 4 is 11.6 Å². The summed E-state index contributed by atoms with van der Waals surface area (Å²) in [6, 6.07) is 3.67. The van der Waals surface area contributed by atoms with E-state index in [9.17, 15) is 4.79 Å². The molecule has 2 heterocycles. The third-order valence-electron chi connectivity index (χ3n) is 3.50. The second-order valence-corrected chi connectivity index (χ2v) is 5.08. The average Bonchev–Trinajstić information content (AvgIpc) is 2.40. The number of nitrogens with two attached hydrogens (primary N) is 1. The van der Waals surface area contributed by atoms with E-state index >= 15 is 0 Å². The van der Waals surface area contributed by atoms with E-state index in [-0.39, 0.29) is 5.91 Å². The number of aromatic nitrogens is 1. The standard InChI is InChI=1S/C13H21N5O/c1-17-5-6-18(2)11(9-17)8-16-13(19)12-4-3-10(14)7-15-12/h3-4,7,11H,5-6,8-9,14H2,1-2H3,(H,16,19). The molecule has 1 aliphatic heterocycles. The molecule has 0 aromatic carbocycles. The Hall–Kier alpha value is -1.66. The van der Waals surface area contributed by atoms with Crippen molar-refractivity contribution < 1.29 is 4.79 Å². The summed E-state index contributed by atoms with van der Waals surface area (Å²) in [5.41, 5.74) is 6.51. The van der Waals surface area contributed by atoms with Crippen LogP contribution in [0, 0.1) is 0 Å². The van der Waals surface area contributed by atoms with E-state index in [2.05, 4.69) is 34.2 Å². The third-order valence-corrected chi connectivity index (χ3v) is 3.50. The Labute approximate surface area is 113 Å². The minimum absolute atomic E-state index is 0.151. The van der Waals surface area contributed by atoms with Crippen LogP contribution in [0.25, 0.3) is 0 Å². The van der Waals surface area contributed by atoms with E-state index in [1.54, 1.807) is 12.1 Å². The number of piperazine rings is 1. The Bertz CT molecular complexity index is 433. The van der Waals surface area contributed by atoms with Gasteiger partial charge in [-0.25, -0.2) is 4.98 Å². The highest BCUT2D eigenvalue weighted by Crippen LogP contribution is 2.05. The molecule has 3 N–H and O–H groups in total. The number of nitrogen functional groups attached to an aromatic ring is 1. The van der Waals surface area contributed by atoms with Gasteiger partial charge in [0.2, 0.25) is 0 Å². The first-order valence-electron chi connectivity index (χ1n) is 6.45. The fraction of sp³-hybridized carbons (Fsp3) is 0.538. The molecule has 19 heavy (non-hydrogen) atoms. The Morgan fingerprint density at radius 1 is 1.47 bits per heavy atom. The van der Waals surface area contributed by atoms with Crippen molar-refractivity contribution in [3.63, 3.8) is 0 Å². The highest BCUT2D eigenvalue weighted by molar-refractivity contribution is 5.92. The Morgan fingerprint density at radius 3 is 2.95 bits per heavy atom. The zero-order valence-corrected chi connectivity index (χ0v) is 11.5. The fourth-order valence-corrected chi connectivity index (χ4v) is 2.16. The summed E-state index contributed by atoms with van der Waals surface area (Å²) in [6.45, 7) is 3.69. The second-order valence-electron chi connectivity index (χ2n) is 5.08. The molecule has 6 nitrogen and oxygen atoms in total. The van der Waals surface area contributed by atoms with E-state index < -0.39 is 0 Å². The van der Waals surface area contributed by atoms with E-state index in [1.807, 2.05) is 0 Å². The minimum atomic E-state index is -0.151. The summed E-state index contributed by atoms with van der Waals surface area (Å²) in [7, 11) is 4.19. The quantitative estimate of drug-likeness (QED) is 0.779. The maximum Gasteiger partial charge on any atom is 0.269 e. The second kappa shape index (κ2) is 5.99. The van der Waals surface area contributed by atoms with Gasteiger partial charge in [-0.1, -0.05) is 0 Å². The number of rotatable bonds is 3. The lowest BCUT2D eigenvalue weighted by atomic mass is 10.2. The normalized spacial score (nSPS) is 21.3. The zero-order chi connectivity index (χ0) is 13.8. The molecule has 0 spiro atoms. The van der Waals surface area contributed by atoms with Crippen LogP contribution in [0.2, 0.25) is 0 Å². The van der Waals surface area contributed by atoms with Crippen molar-refractivity contribution in [2.45, 2.75) is 6.04 Å². The highest BCUT2D eigenvalue weighted by atomic mass is 16.1. The van der Waals surface area contributed by atoms with Crippen molar-refractivity contribution in [3.8, 4) is 0 Å². The molecule has 104 valence electrons. The number of hydrogen-bond donors (Lipinski definition) is 2. The number of carbonyl (C=O) groups is 1. The Kier molecular flexibility index (Phi) is 4.34. The molecule has 1 aromatic rings. The molecule has 0 aliphatic carbocycles. The molecule has 1 atom stereocenters. The van der Waals surface area contributed by atoms with Gasteiger partial charge in [0.1, 0.15) is 5.69 Å². The van der Waals surface area contributed by atoms with Crippen LogP contribution in [0.15, 0.2) is 18.3 Å². The number of hydrogen-bond acceptors (Lipinski definition) is 5. The lowest BCUT2D eigenvalue weighted by molar-refractivity contribution is 0.0877. The van der Waals surface area contributed by atoms with E-state index in [0.29, 0.717) is 24.0 Å². The first kappa shape index (κ1) is 13.8. The zero-order valence-electron chi connectivity index (χ0n) is 11.5. The van der Waals surface area contributed by atoms with Crippen LogP contribution < -0.4 is 11.1 Å². The van der Waals surface area contributed by atoms with Gasteiger partial charge in [0.15, 0.2) is 0 Å². The van der Waals surface area contributed by atoms with Crippen molar-refractivity contribution in [1.29, 1.82) is 0 Å². The summed E-state index contributed by atoms with van der Waals surface area (Å²) in [6.07, 6.45) is 1.50. The maximum atomic E-state index is 11.9. The van der Waals surface area contributed by atoms with Crippen molar-refractivity contribution in [2.75, 3.05) is 46.0 Å². The van der Waals surface area contributed by atoms with E-state index in [4.69, 9.17) is 5.73 Å². The van der Waals surface area contributed by atoms with Crippen molar-refractivity contribution in [2.24, 2.45) is 0 Å². The van der Waals surface area contributed by atoms with Crippen LogP contribution in [-0.4, -0.2) is 67.0 Å². The third kappa shape index (κ3) is 3.65. The number of nitrogens with zero attached hydrogens (tertiary/aromatic N) is 3. The minimum Gasteiger partial charge on any atom is -0.397 e. The molecule has 1 aliphatic rings. The smallest absolute Gasteiger partial charge is 0.269 e. The molecule has 1 fully saturated rings. The molecule has 0 radical (unpaired) electrons. The molecular formula is C13H21N5O. The fourth-order valence-electron chi connectivity index (χ4n) is 2.16. The van der Waals surface area contributed by atoms with Crippen LogP contribution >= 0.6 is 0 Å². The first-order chi connectivity index (χ1) is 9.06. The van der Waals surface area contributed by atoms with Crippen molar-refractivity contribution in [3.05, 3.63) is 24.0 Å². The average molecular weight is 263 g/mol. The molecule has 1 unspecified atom stereocenters. The van der Waals surface area contributed by atoms with Crippen LogP contribution in [-0.2, 0) is 0 Å². The number of likely N-dealkylation sites (N-methyl/N-ethyl adjacent to an activating group) is 2. The van der Waals surface area contributed by atoms with Gasteiger partial charge in [-0.15, -0.1) is 0 Å². The van der Waals surface area contributed by atoms with Crippen LogP contribution in [0.1, 0.15) is 10.5 Å². The molecule has 1 aromatic heterocycles. The number of pyridine rings is 1. The van der Waals surface area contributed by atoms with Gasteiger partial charge in [-0.2, -0.15) is 0 Å². The van der Waals surface area contributed by atoms with Gasteiger partial charge >= 0.3 is 0 Å². The van der Waals surface area contributed by atoms with Gasteiger partial charge < -0.3 is 16.0 Å². The van der Waals surface area contributed by atoms with Gasteiger partial charge in [0, 0.05) is 32.2 Å². The van der Waals surface area contributed by atoms with E-state index in [1.165, 1.54) is 6.20 Å². The van der Waals surface area contributed by atoms with E-state index in [0.717, 1.165) is 19.6 Å². The lowest BCUT2D eigenvalue weighted by Crippen LogP contribution is -2.54. The predicted molar refractivity (Wildman–Crippen MR) is 74.9 cm³/mol.